The second-order valence-corrected chi connectivity index (χ2v) is 6.10. The van der Waals surface area contributed by atoms with Crippen LogP contribution >= 0.6 is 23.2 Å². The number of hydrogen-bond acceptors (Lipinski definition) is 5. The summed E-state index contributed by atoms with van der Waals surface area (Å²) in [6, 6.07) is 0. The van der Waals surface area contributed by atoms with Crippen LogP contribution in [0.2, 0.25) is 0 Å². The molecule has 0 bridgehead atoms. The normalized spacial score (nSPS) is 28.0. The predicted molar refractivity (Wildman–Crippen MR) is 79.5 cm³/mol. The number of amides is 1. The zero-order valence-electron chi connectivity index (χ0n) is 11.7. The van der Waals surface area contributed by atoms with E-state index in [9.17, 15) is 4.79 Å². The number of aliphatic imine (C=N–C) groups is 1. The van der Waals surface area contributed by atoms with Crippen molar-refractivity contribution in [2.75, 3.05) is 33.4 Å². The number of nitrogens with zero attached hydrogens (tertiary/aromatic N) is 2. The summed E-state index contributed by atoms with van der Waals surface area (Å²) in [6.07, 6.45) is 1.13. The third kappa shape index (κ3) is 2.65. The van der Waals surface area contributed by atoms with Gasteiger partial charge >= 0.3 is 0 Å². The van der Waals surface area contributed by atoms with Crippen LogP contribution in [0.15, 0.2) is 16.3 Å². The molecule has 0 aromatic carbocycles. The first-order chi connectivity index (χ1) is 10.1. The Morgan fingerprint density at radius 2 is 2.19 bits per heavy atom. The van der Waals surface area contributed by atoms with E-state index in [4.69, 9.17) is 32.7 Å². The quantitative estimate of drug-likeness (QED) is 0.606. The summed E-state index contributed by atoms with van der Waals surface area (Å²) in [7, 11) is 1.58. The van der Waals surface area contributed by atoms with Crippen molar-refractivity contribution in [3.05, 3.63) is 11.3 Å². The van der Waals surface area contributed by atoms with Crippen molar-refractivity contribution in [1.29, 1.82) is 0 Å². The maximum absolute atomic E-state index is 12.9. The molecule has 116 valence electrons. The molecule has 0 saturated carbocycles. The van der Waals surface area contributed by atoms with E-state index in [1.165, 1.54) is 0 Å². The highest BCUT2D eigenvalue weighted by Crippen LogP contribution is 2.31. The van der Waals surface area contributed by atoms with E-state index in [0.29, 0.717) is 44.3 Å². The van der Waals surface area contributed by atoms with Crippen molar-refractivity contribution >= 4 is 34.3 Å². The lowest BCUT2D eigenvalue weighted by molar-refractivity contribution is -0.165. The minimum atomic E-state index is -0.795. The Morgan fingerprint density at radius 3 is 2.86 bits per heavy atom. The molecule has 8 heteroatoms. The van der Waals surface area contributed by atoms with Crippen molar-refractivity contribution in [1.82, 2.24) is 10.2 Å². The van der Waals surface area contributed by atoms with Crippen molar-refractivity contribution < 1.29 is 14.3 Å². The van der Waals surface area contributed by atoms with Crippen LogP contribution in [0.4, 0.5) is 0 Å². The largest absolute Gasteiger partial charge is 0.381 e. The first-order valence-electron chi connectivity index (χ1n) is 6.84. The molecule has 1 atom stereocenters. The summed E-state index contributed by atoms with van der Waals surface area (Å²) in [5.41, 5.74) is 0.323. The molecule has 6 nitrogen and oxygen atoms in total. The number of rotatable bonds is 2. The summed E-state index contributed by atoms with van der Waals surface area (Å²) in [4.78, 5) is 18.7. The molecule has 3 aliphatic rings. The van der Waals surface area contributed by atoms with Gasteiger partial charge in [-0.25, -0.2) is 4.99 Å². The van der Waals surface area contributed by atoms with E-state index in [-0.39, 0.29) is 5.91 Å². The standard InChI is InChI=1S/C13H17Cl2N3O3/c1-20-13(2-4-21-5-3-13)11(19)18-6-8-9(7-18)16-12(15)17-10(8)14/h12,16H,2-7H2,1H3. The fourth-order valence-electron chi connectivity index (χ4n) is 2.94. The van der Waals surface area contributed by atoms with Gasteiger partial charge in [-0.1, -0.05) is 23.2 Å². The Balaban J connectivity index is 1.75. The third-order valence-corrected chi connectivity index (χ3v) is 4.73. The Kier molecular flexibility index (Phi) is 4.14. The summed E-state index contributed by atoms with van der Waals surface area (Å²) in [5.74, 6) is -0.0277. The van der Waals surface area contributed by atoms with E-state index >= 15 is 0 Å². The van der Waals surface area contributed by atoms with Crippen LogP contribution in [0.3, 0.4) is 0 Å². The number of alkyl halides is 1. The second-order valence-electron chi connectivity index (χ2n) is 5.33. The highest BCUT2D eigenvalue weighted by atomic mass is 35.5. The summed E-state index contributed by atoms with van der Waals surface area (Å²) >= 11 is 12.1. The maximum atomic E-state index is 12.9. The van der Waals surface area contributed by atoms with Crippen LogP contribution in [-0.2, 0) is 14.3 Å². The summed E-state index contributed by atoms with van der Waals surface area (Å²) in [6.45, 7) is 1.95. The van der Waals surface area contributed by atoms with Crippen LogP contribution in [0.25, 0.3) is 0 Å². The number of carbonyl (C=O) groups is 1. The van der Waals surface area contributed by atoms with E-state index in [2.05, 4.69) is 10.3 Å². The molecule has 3 aliphatic heterocycles. The van der Waals surface area contributed by atoms with Gasteiger partial charge in [0.1, 0.15) is 5.17 Å². The van der Waals surface area contributed by atoms with E-state index in [0.717, 1.165) is 11.3 Å². The highest BCUT2D eigenvalue weighted by Gasteiger charge is 2.45. The van der Waals surface area contributed by atoms with Crippen LogP contribution in [0, 0.1) is 0 Å². The van der Waals surface area contributed by atoms with Crippen molar-refractivity contribution in [2.24, 2.45) is 4.99 Å². The zero-order chi connectivity index (χ0) is 15.0. The fraction of sp³-hybridized carbons (Fsp3) is 0.692. The van der Waals surface area contributed by atoms with Gasteiger partial charge in [-0.15, -0.1) is 0 Å². The number of methoxy groups -OCH3 is 1. The van der Waals surface area contributed by atoms with Crippen molar-refractivity contribution in [3.63, 3.8) is 0 Å². The van der Waals surface area contributed by atoms with E-state index < -0.39 is 11.2 Å². The molecule has 21 heavy (non-hydrogen) atoms. The van der Waals surface area contributed by atoms with Crippen LogP contribution in [0.1, 0.15) is 12.8 Å². The zero-order valence-corrected chi connectivity index (χ0v) is 13.2. The molecule has 0 radical (unpaired) electrons. The molecule has 0 aliphatic carbocycles. The number of ether oxygens (including phenoxy) is 2. The van der Waals surface area contributed by atoms with Gasteiger partial charge in [-0.05, 0) is 0 Å². The van der Waals surface area contributed by atoms with Crippen LogP contribution in [-0.4, -0.2) is 60.6 Å². The smallest absolute Gasteiger partial charge is 0.255 e. The number of nitrogens with one attached hydrogen (secondary N) is 1. The molecule has 0 aromatic rings. The molecule has 1 fully saturated rings. The van der Waals surface area contributed by atoms with Crippen molar-refractivity contribution in [3.8, 4) is 0 Å². The molecule has 0 spiro atoms. The summed E-state index contributed by atoms with van der Waals surface area (Å²) < 4.78 is 10.9. The fourth-order valence-corrected chi connectivity index (χ4v) is 3.49. The SMILES string of the molecule is COC1(C(=O)N2CC3=C(C2)C(Cl)=NC(Cl)N3)CCOCC1. The lowest BCUT2D eigenvalue weighted by atomic mass is 9.92. The van der Waals surface area contributed by atoms with Gasteiger partial charge < -0.3 is 19.7 Å². The van der Waals surface area contributed by atoms with Gasteiger partial charge in [-0.3, -0.25) is 4.79 Å². The van der Waals surface area contributed by atoms with E-state index in [1.807, 2.05) is 0 Å². The lowest BCUT2D eigenvalue weighted by Crippen LogP contribution is -2.53. The third-order valence-electron chi connectivity index (χ3n) is 4.20. The van der Waals surface area contributed by atoms with Gasteiger partial charge in [-0.2, -0.15) is 0 Å². The molecule has 3 rings (SSSR count). The molecule has 1 unspecified atom stereocenters. The first-order valence-corrected chi connectivity index (χ1v) is 7.66. The number of carbonyl (C=O) groups excluding carboxylic acids is 1. The Labute approximate surface area is 133 Å². The van der Waals surface area contributed by atoms with Gasteiger partial charge in [0.2, 0.25) is 0 Å². The number of halogens is 2. The molecule has 1 N–H and O–H groups in total. The van der Waals surface area contributed by atoms with Gasteiger partial charge in [0.15, 0.2) is 11.2 Å². The monoisotopic (exact) mass is 333 g/mol. The van der Waals surface area contributed by atoms with Gasteiger partial charge in [0, 0.05) is 44.4 Å². The Hall–Kier alpha value is -0.820. The molecular weight excluding hydrogens is 317 g/mol. The second kappa shape index (κ2) is 5.76. The highest BCUT2D eigenvalue weighted by molar-refractivity contribution is 6.70. The van der Waals surface area contributed by atoms with Gasteiger partial charge in [0.05, 0.1) is 13.1 Å². The Bertz CT molecular complexity index is 515. The lowest BCUT2D eigenvalue weighted by Gasteiger charge is -2.37. The molecule has 1 saturated heterocycles. The first kappa shape index (κ1) is 15.1. The molecular formula is C13H17Cl2N3O3. The van der Waals surface area contributed by atoms with Crippen molar-refractivity contribution in [2.45, 2.75) is 24.1 Å². The predicted octanol–water partition coefficient (Wildman–Crippen LogP) is 1.04. The Morgan fingerprint density at radius 1 is 1.48 bits per heavy atom. The maximum Gasteiger partial charge on any atom is 0.255 e. The molecule has 0 aromatic heterocycles. The van der Waals surface area contributed by atoms with Gasteiger partial charge in [0.25, 0.3) is 5.91 Å². The average molecular weight is 334 g/mol. The average Bonchev–Trinajstić information content (AvgIpc) is 2.91. The molecule has 3 heterocycles. The van der Waals surface area contributed by atoms with E-state index in [1.54, 1.807) is 12.0 Å². The van der Waals surface area contributed by atoms with Crippen LogP contribution < -0.4 is 5.32 Å². The minimum Gasteiger partial charge on any atom is -0.381 e. The van der Waals surface area contributed by atoms with Crippen LogP contribution in [0.5, 0.6) is 0 Å². The number of hydrogen-bond donors (Lipinski definition) is 1. The minimum absolute atomic E-state index is 0.0277. The summed E-state index contributed by atoms with van der Waals surface area (Å²) in [5, 5.41) is 3.41. The topological polar surface area (TPSA) is 63.2 Å². The molecule has 1 amide bonds.